The predicted octanol–water partition coefficient (Wildman–Crippen LogP) is 4.43. The molecule has 18 atom stereocenters. The summed E-state index contributed by atoms with van der Waals surface area (Å²) in [5.41, 5.74) is 0.681. The molecular weight excluding hydrogens is 1130 g/mol. The normalized spacial score (nSPS) is 40.0. The molecule has 10 bridgehead atoms. The lowest BCUT2D eigenvalue weighted by Crippen LogP contribution is -2.60. The number of cyclic esters (lactones) is 1. The van der Waals surface area contributed by atoms with E-state index in [-0.39, 0.29) is 82.0 Å². The van der Waals surface area contributed by atoms with Crippen molar-refractivity contribution < 1.29 is 107 Å². The molecule has 23 nitrogen and oxygen atoms in total. The van der Waals surface area contributed by atoms with Crippen molar-refractivity contribution in [3.05, 3.63) is 60.8 Å². The van der Waals surface area contributed by atoms with Crippen LogP contribution in [0.5, 0.6) is 0 Å². The molecule has 14 rings (SSSR count). The Bertz CT molecular complexity index is 3000. The van der Waals surface area contributed by atoms with E-state index >= 15 is 0 Å². The summed E-state index contributed by atoms with van der Waals surface area (Å²) in [6.45, 7) is 25.2. The highest BCUT2D eigenvalue weighted by atomic mass is 32.2. The summed E-state index contributed by atoms with van der Waals surface area (Å²) in [6, 6.07) is 0. The molecule has 1 N–H and O–H groups in total. The summed E-state index contributed by atoms with van der Waals surface area (Å²) >= 11 is 0. The Hall–Kier alpha value is -5.76. The maximum Gasteiger partial charge on any atom is 0.347 e. The fraction of sp³-hybridized carbons (Fsp3) is 0.690. The van der Waals surface area contributed by atoms with Crippen molar-refractivity contribution >= 4 is 68.0 Å². The van der Waals surface area contributed by atoms with Crippen LogP contribution in [0.3, 0.4) is 0 Å². The number of aliphatic hydroxyl groups is 1. The second-order valence-corrected chi connectivity index (χ2v) is 28.7. The van der Waals surface area contributed by atoms with E-state index in [0.717, 1.165) is 44.9 Å². The molecule has 83 heavy (non-hydrogen) atoms. The Morgan fingerprint density at radius 2 is 1.01 bits per heavy atom. The Morgan fingerprint density at radius 3 is 1.48 bits per heavy atom. The van der Waals surface area contributed by atoms with Gasteiger partial charge in [0.1, 0.15) is 42.2 Å². The highest BCUT2D eigenvalue weighted by molar-refractivity contribution is 7.88. The Kier molecular flexibility index (Phi) is 17.3. The fourth-order valence-corrected chi connectivity index (χ4v) is 19.1. The number of ether oxygens (including phenoxy) is 8. The van der Waals surface area contributed by atoms with Gasteiger partial charge >= 0.3 is 47.8 Å². The van der Waals surface area contributed by atoms with Gasteiger partial charge in [-0.2, -0.15) is 16.8 Å². The molecule has 0 aromatic carbocycles. The minimum atomic E-state index is -3.53. The zero-order valence-electron chi connectivity index (χ0n) is 47.3. The first kappa shape index (κ1) is 61.8. The lowest BCUT2D eigenvalue weighted by Gasteiger charge is -2.59. The SMILES string of the molecule is C=C(C)C(=O)OC12CC3CC(CC(O)(C3)C1)C2.C=C(C)C(=O)OC1C2CC3C(=O)OC1C3C2.C=C(C)C(=O)OC1C2CC3C1OS(=O)(=O)C3C2.C=C(C)C(=O)OC1CCOC1=O.C=C(C)C(=O)OCC(=O)OC1C2CC3C1OS(=O)(=O)C3C2. The third-order valence-corrected chi connectivity index (χ3v) is 22.0. The van der Waals surface area contributed by atoms with Crippen LogP contribution in [-0.2, 0) is 105 Å². The smallest absolute Gasteiger partial charge is 0.347 e. The van der Waals surface area contributed by atoms with Gasteiger partial charge in [-0.05, 0) is 117 Å². The highest BCUT2D eigenvalue weighted by Crippen LogP contribution is 2.60. The summed E-state index contributed by atoms with van der Waals surface area (Å²) in [5.74, 6) is -1.86. The van der Waals surface area contributed by atoms with Gasteiger partial charge in [-0.1, -0.05) is 32.9 Å². The van der Waals surface area contributed by atoms with Crippen LogP contribution in [0.1, 0.15) is 118 Å². The van der Waals surface area contributed by atoms with Crippen LogP contribution < -0.4 is 0 Å². The van der Waals surface area contributed by atoms with Gasteiger partial charge in [-0.15, -0.1) is 0 Å². The molecule has 0 aromatic heterocycles. The number of esters is 8. The van der Waals surface area contributed by atoms with Gasteiger partial charge in [-0.3, -0.25) is 13.2 Å². The minimum absolute atomic E-state index is 0.00284. The molecule has 25 heteroatoms. The summed E-state index contributed by atoms with van der Waals surface area (Å²) in [7, 11) is -6.96. The van der Waals surface area contributed by atoms with E-state index in [4.69, 9.17) is 41.5 Å². The third kappa shape index (κ3) is 12.7. The number of hydrogen-bond donors (Lipinski definition) is 1. The predicted molar refractivity (Wildman–Crippen MR) is 286 cm³/mol. The van der Waals surface area contributed by atoms with Gasteiger partial charge in [-0.25, -0.2) is 33.6 Å². The van der Waals surface area contributed by atoms with E-state index in [1.807, 2.05) is 0 Å². The van der Waals surface area contributed by atoms with E-state index in [1.165, 1.54) is 20.3 Å². The lowest BCUT2D eigenvalue weighted by molar-refractivity contribution is -0.217. The molecule has 10 saturated carbocycles. The van der Waals surface area contributed by atoms with Crippen molar-refractivity contribution in [1.29, 1.82) is 0 Å². The summed E-state index contributed by atoms with van der Waals surface area (Å²) in [6.07, 6.45) is 7.00. The van der Waals surface area contributed by atoms with Gasteiger partial charge in [0.25, 0.3) is 20.2 Å². The largest absolute Gasteiger partial charge is 0.463 e. The Labute approximate surface area is 482 Å². The minimum Gasteiger partial charge on any atom is -0.463 e. The van der Waals surface area contributed by atoms with Crippen LogP contribution >= 0.6 is 0 Å². The zero-order valence-corrected chi connectivity index (χ0v) is 48.9. The van der Waals surface area contributed by atoms with E-state index in [9.17, 15) is 60.3 Å². The second-order valence-electron chi connectivity index (χ2n) is 25.2. The van der Waals surface area contributed by atoms with E-state index in [1.54, 1.807) is 20.8 Å². The lowest BCUT2D eigenvalue weighted by atomic mass is 9.52. The number of rotatable bonds is 12. The van der Waals surface area contributed by atoms with Gasteiger partial charge in [0.2, 0.25) is 6.10 Å². The van der Waals surface area contributed by atoms with Crippen molar-refractivity contribution in [3.63, 3.8) is 0 Å². The van der Waals surface area contributed by atoms with Crippen molar-refractivity contribution in [2.75, 3.05) is 13.2 Å². The second kappa shape index (κ2) is 23.3. The monoisotopic (exact) mass is 1200 g/mol. The van der Waals surface area contributed by atoms with Crippen molar-refractivity contribution in [3.8, 4) is 0 Å². The molecule has 0 amide bonds. The quantitative estimate of drug-likeness (QED) is 0.122. The maximum atomic E-state index is 11.8. The van der Waals surface area contributed by atoms with Crippen LogP contribution in [-0.4, -0.2) is 147 Å². The van der Waals surface area contributed by atoms with Crippen LogP contribution in [0, 0.1) is 53.3 Å². The number of hydrogen-bond acceptors (Lipinski definition) is 23. The van der Waals surface area contributed by atoms with E-state index < -0.39 is 104 Å². The van der Waals surface area contributed by atoms with Crippen LogP contribution in [0.4, 0.5) is 0 Å². The van der Waals surface area contributed by atoms with E-state index in [0.29, 0.717) is 73.2 Å². The zero-order chi connectivity index (χ0) is 60.6. The molecule has 0 spiro atoms. The van der Waals surface area contributed by atoms with Crippen molar-refractivity contribution in [2.24, 2.45) is 53.3 Å². The van der Waals surface area contributed by atoms with Crippen molar-refractivity contribution in [2.45, 2.75) is 183 Å². The van der Waals surface area contributed by atoms with E-state index in [2.05, 4.69) is 37.6 Å². The maximum absolute atomic E-state index is 11.8. The van der Waals surface area contributed by atoms with Crippen LogP contribution in [0.2, 0.25) is 0 Å². The topological polar surface area (TPSA) is 317 Å². The number of carbonyl (C=O) groups excluding carboxylic acids is 8. The molecule has 14 aliphatic rings. The van der Waals surface area contributed by atoms with Gasteiger partial charge in [0.05, 0.1) is 28.6 Å². The number of fused-ring (bicyclic) bond motifs is 3. The third-order valence-electron chi connectivity index (χ3n) is 18.5. The highest BCUT2D eigenvalue weighted by Gasteiger charge is 2.67. The first-order valence-electron chi connectivity index (χ1n) is 28.2. The summed E-state index contributed by atoms with van der Waals surface area (Å²) in [4.78, 5) is 90.8. The van der Waals surface area contributed by atoms with Gasteiger partial charge < -0.3 is 43.0 Å². The van der Waals surface area contributed by atoms with Crippen molar-refractivity contribution in [1.82, 2.24) is 0 Å². The van der Waals surface area contributed by atoms with Crippen LogP contribution in [0.15, 0.2) is 60.8 Å². The molecule has 0 radical (unpaired) electrons. The molecular formula is C58H74O23S2. The molecule has 10 aliphatic carbocycles. The molecule has 4 heterocycles. The van der Waals surface area contributed by atoms with Gasteiger partial charge in [0.15, 0.2) is 6.61 Å². The molecule has 4 aliphatic heterocycles. The Balaban J connectivity index is 0.000000126. The summed E-state index contributed by atoms with van der Waals surface area (Å²) < 4.78 is 98.0. The Morgan fingerprint density at radius 1 is 0.554 bits per heavy atom. The molecule has 456 valence electrons. The van der Waals surface area contributed by atoms with Crippen LogP contribution in [0.25, 0.3) is 0 Å². The molecule has 0 aromatic rings. The summed E-state index contributed by atoms with van der Waals surface area (Å²) in [5, 5.41) is 9.67. The molecule has 4 saturated heterocycles. The molecule has 18 unspecified atom stereocenters. The average Bonchev–Trinajstić information content (AvgIpc) is 1.94. The average molecular weight is 1200 g/mol. The first-order valence-corrected chi connectivity index (χ1v) is 31.2. The van der Waals surface area contributed by atoms with Gasteiger partial charge in [0, 0.05) is 76.2 Å². The first-order chi connectivity index (χ1) is 38.8. The fourth-order valence-electron chi connectivity index (χ4n) is 15.4. The standard InChI is InChI=1S/C14H20O3.C13H16O7S.C12H14O4.C11H14O5S.C8H10O4/c1-9(2)12(15)17-14-6-10-3-11(7-14)5-13(16,4-10)8-14;1-6(2)13(15)18-5-10(14)19-11-7-3-8-9(4-7)21(16,17)20-12(8)11;1-5(2)11(13)15-9-6-3-7-8(4-6)12(14)16-10(7)9;1-5(2)11(12)15-9-6-3-7-8(4-6)17(13,14)16-10(7)9;1-5(2)7(9)12-6-3-4-11-8(6)10/h10-11,16H,1,3-8H2,2H3;7-9,11-12H,1,3-5H2,2H3;6-10H,1,3-4H2,2H3;6-10H,1,3-4H2,2H3;6H,1,3-4H2,2H3. The number of carbonyl (C=O) groups is 8. The molecule has 14 fully saturated rings.